The Balaban J connectivity index is 2.12. The average molecular weight is 302 g/mol. The molecule has 0 saturated carbocycles. The second-order valence-electron chi connectivity index (χ2n) is 3.91. The van der Waals surface area contributed by atoms with Crippen LogP contribution in [0.3, 0.4) is 0 Å². The zero-order valence-electron chi connectivity index (χ0n) is 11.3. The van der Waals surface area contributed by atoms with Crippen molar-refractivity contribution in [2.75, 3.05) is 33.5 Å². The van der Waals surface area contributed by atoms with E-state index < -0.39 is 5.97 Å². The van der Waals surface area contributed by atoms with Gasteiger partial charge in [-0.05, 0) is 12.8 Å². The Morgan fingerprint density at radius 2 is 2.15 bits per heavy atom. The van der Waals surface area contributed by atoms with Crippen LogP contribution in [0, 0.1) is 0 Å². The fourth-order valence-corrected chi connectivity index (χ4v) is 2.03. The largest absolute Gasteiger partial charge is 0.476 e. The summed E-state index contributed by atoms with van der Waals surface area (Å²) in [5.41, 5.74) is -0.105. The molecule has 1 heterocycles. The molecular weight excluding hydrogens is 284 g/mol. The quantitative estimate of drug-likeness (QED) is 0.626. The summed E-state index contributed by atoms with van der Waals surface area (Å²) in [4.78, 5) is 26.0. The highest BCUT2D eigenvalue weighted by atomic mass is 32.1. The Morgan fingerprint density at radius 3 is 2.80 bits per heavy atom. The van der Waals surface area contributed by atoms with Crippen LogP contribution >= 0.6 is 11.3 Å². The van der Waals surface area contributed by atoms with Gasteiger partial charge in [0.15, 0.2) is 10.7 Å². The number of nitrogens with zero attached hydrogens (tertiary/aromatic N) is 1. The monoisotopic (exact) mass is 302 g/mol. The van der Waals surface area contributed by atoms with Crippen LogP contribution in [0.5, 0.6) is 0 Å². The third-order valence-electron chi connectivity index (χ3n) is 2.35. The lowest BCUT2D eigenvalue weighted by molar-refractivity contribution is 0.0686. The number of unbranched alkanes of at least 4 members (excludes halogenated alkanes) is 1. The van der Waals surface area contributed by atoms with Gasteiger partial charge in [0.05, 0.1) is 13.2 Å². The van der Waals surface area contributed by atoms with Gasteiger partial charge in [-0.1, -0.05) is 0 Å². The molecule has 0 spiro atoms. The average Bonchev–Trinajstić information content (AvgIpc) is 2.91. The lowest BCUT2D eigenvalue weighted by Gasteiger charge is -2.04. The highest BCUT2D eigenvalue weighted by molar-refractivity contribution is 7.11. The molecule has 7 nitrogen and oxygen atoms in total. The predicted octanol–water partition coefficient (Wildman–Crippen LogP) is 1.01. The van der Waals surface area contributed by atoms with Crippen LogP contribution in [-0.2, 0) is 9.47 Å². The molecule has 112 valence electrons. The number of carboxylic acid groups (broad SMARTS) is 1. The van der Waals surface area contributed by atoms with Gasteiger partial charge in [-0.25, -0.2) is 9.78 Å². The molecule has 0 bridgehead atoms. The highest BCUT2D eigenvalue weighted by Gasteiger charge is 2.13. The Hall–Kier alpha value is -1.51. The molecule has 0 fully saturated rings. The van der Waals surface area contributed by atoms with Crippen LogP contribution in [-0.4, -0.2) is 55.4 Å². The maximum atomic E-state index is 11.7. The van der Waals surface area contributed by atoms with Gasteiger partial charge >= 0.3 is 5.97 Å². The van der Waals surface area contributed by atoms with E-state index in [2.05, 4.69) is 10.3 Å². The predicted molar refractivity (Wildman–Crippen MR) is 73.3 cm³/mol. The molecule has 0 atom stereocenters. The molecule has 0 unspecified atom stereocenters. The minimum absolute atomic E-state index is 0.105. The van der Waals surface area contributed by atoms with Crippen molar-refractivity contribution in [1.29, 1.82) is 0 Å². The molecule has 0 radical (unpaired) electrons. The van der Waals surface area contributed by atoms with Gasteiger partial charge in [0.25, 0.3) is 5.91 Å². The van der Waals surface area contributed by atoms with E-state index in [9.17, 15) is 9.59 Å². The number of thiazole rings is 1. The van der Waals surface area contributed by atoms with E-state index in [1.807, 2.05) is 0 Å². The van der Waals surface area contributed by atoms with Gasteiger partial charge in [0.2, 0.25) is 0 Å². The summed E-state index contributed by atoms with van der Waals surface area (Å²) in [6.07, 6.45) is 1.62. The molecule has 2 N–H and O–H groups in total. The van der Waals surface area contributed by atoms with Crippen molar-refractivity contribution >= 4 is 23.2 Å². The van der Waals surface area contributed by atoms with Crippen molar-refractivity contribution in [3.63, 3.8) is 0 Å². The third kappa shape index (κ3) is 6.09. The van der Waals surface area contributed by atoms with E-state index in [1.165, 1.54) is 5.38 Å². The topological polar surface area (TPSA) is 97.8 Å². The lowest BCUT2D eigenvalue weighted by atomic mass is 10.3. The molecule has 1 rings (SSSR count). The molecule has 0 saturated heterocycles. The Morgan fingerprint density at radius 1 is 1.35 bits per heavy atom. The summed E-state index contributed by atoms with van der Waals surface area (Å²) in [7, 11) is 1.62. The van der Waals surface area contributed by atoms with Crippen LogP contribution in [0.25, 0.3) is 0 Å². The first-order chi connectivity index (χ1) is 9.65. The smallest absolute Gasteiger partial charge is 0.355 e. The number of aromatic nitrogens is 1. The molecule has 0 aliphatic carbocycles. The number of carbonyl (C=O) groups is 2. The molecule has 0 aliphatic rings. The van der Waals surface area contributed by atoms with Gasteiger partial charge in [0.1, 0.15) is 0 Å². The Bertz CT molecular complexity index is 435. The number of hydrogen-bond acceptors (Lipinski definition) is 6. The van der Waals surface area contributed by atoms with Crippen molar-refractivity contribution in [3.8, 4) is 0 Å². The molecule has 0 aromatic carbocycles. The third-order valence-corrected chi connectivity index (χ3v) is 3.19. The summed E-state index contributed by atoms with van der Waals surface area (Å²) in [6.45, 7) is 2.28. The normalized spacial score (nSPS) is 10.4. The van der Waals surface area contributed by atoms with Crippen molar-refractivity contribution in [2.45, 2.75) is 12.8 Å². The van der Waals surface area contributed by atoms with Gasteiger partial charge in [-0.2, -0.15) is 0 Å². The van der Waals surface area contributed by atoms with Crippen molar-refractivity contribution in [2.24, 2.45) is 0 Å². The van der Waals surface area contributed by atoms with Crippen molar-refractivity contribution in [1.82, 2.24) is 10.3 Å². The van der Waals surface area contributed by atoms with Gasteiger partial charge in [0, 0.05) is 25.6 Å². The summed E-state index contributed by atoms with van der Waals surface area (Å²) < 4.78 is 10.1. The van der Waals surface area contributed by atoms with E-state index in [-0.39, 0.29) is 16.6 Å². The van der Waals surface area contributed by atoms with Gasteiger partial charge in [-0.3, -0.25) is 4.79 Å². The van der Waals surface area contributed by atoms with E-state index in [0.29, 0.717) is 26.4 Å². The fraction of sp³-hybridized carbons (Fsp3) is 0.583. The summed E-state index contributed by atoms with van der Waals surface area (Å²) in [6, 6.07) is 0. The second kappa shape index (κ2) is 9.40. The minimum Gasteiger partial charge on any atom is -0.476 e. The van der Waals surface area contributed by atoms with E-state index in [4.69, 9.17) is 14.6 Å². The zero-order chi connectivity index (χ0) is 14.8. The molecule has 1 amide bonds. The number of ether oxygens (including phenoxy) is 2. The first-order valence-corrected chi connectivity index (χ1v) is 7.07. The van der Waals surface area contributed by atoms with Crippen LogP contribution in [0.15, 0.2) is 5.38 Å². The van der Waals surface area contributed by atoms with E-state index in [0.717, 1.165) is 24.2 Å². The maximum Gasteiger partial charge on any atom is 0.355 e. The van der Waals surface area contributed by atoms with Crippen molar-refractivity contribution in [3.05, 3.63) is 16.1 Å². The number of carboxylic acids is 1. The van der Waals surface area contributed by atoms with Gasteiger partial charge < -0.3 is 19.9 Å². The SMILES string of the molecule is COCCOCCCCNC(=O)c1nc(C(=O)O)cs1. The highest BCUT2D eigenvalue weighted by Crippen LogP contribution is 2.09. The lowest BCUT2D eigenvalue weighted by Crippen LogP contribution is -2.24. The number of carbonyl (C=O) groups excluding carboxylic acids is 1. The standard InChI is InChI=1S/C12H18N2O5S/c1-18-6-7-19-5-3-2-4-13-10(15)11-14-9(8-20-11)12(16)17/h8H,2-7H2,1H3,(H,13,15)(H,16,17). The minimum atomic E-state index is -1.13. The molecule has 20 heavy (non-hydrogen) atoms. The van der Waals surface area contributed by atoms with E-state index >= 15 is 0 Å². The molecule has 1 aromatic heterocycles. The number of hydrogen-bond donors (Lipinski definition) is 2. The number of amides is 1. The Labute approximate surface area is 120 Å². The molecule has 8 heteroatoms. The summed E-state index contributed by atoms with van der Waals surface area (Å²) >= 11 is 1.02. The first-order valence-electron chi connectivity index (χ1n) is 6.19. The second-order valence-corrected chi connectivity index (χ2v) is 4.77. The molecule has 1 aromatic rings. The zero-order valence-corrected chi connectivity index (χ0v) is 12.1. The van der Waals surface area contributed by atoms with Crippen molar-refractivity contribution < 1.29 is 24.2 Å². The molecule has 0 aliphatic heterocycles. The Kier molecular flexibility index (Phi) is 7.78. The fourth-order valence-electron chi connectivity index (χ4n) is 1.33. The number of rotatable bonds is 10. The maximum absolute atomic E-state index is 11.7. The van der Waals surface area contributed by atoms with Crippen LogP contribution < -0.4 is 5.32 Å². The van der Waals surface area contributed by atoms with E-state index in [1.54, 1.807) is 7.11 Å². The summed E-state index contributed by atoms with van der Waals surface area (Å²) in [5, 5.41) is 12.9. The number of aromatic carboxylic acids is 1. The summed E-state index contributed by atoms with van der Waals surface area (Å²) in [5.74, 6) is -1.48. The number of nitrogens with one attached hydrogen (secondary N) is 1. The van der Waals surface area contributed by atoms with Crippen LogP contribution in [0.2, 0.25) is 0 Å². The molecular formula is C12H18N2O5S. The van der Waals surface area contributed by atoms with Crippen LogP contribution in [0.1, 0.15) is 33.1 Å². The van der Waals surface area contributed by atoms with Crippen LogP contribution in [0.4, 0.5) is 0 Å². The van der Waals surface area contributed by atoms with Gasteiger partial charge in [-0.15, -0.1) is 11.3 Å². The first kappa shape index (κ1) is 16.5. The number of methoxy groups -OCH3 is 1.